The van der Waals surface area contributed by atoms with Gasteiger partial charge in [-0.25, -0.2) is 4.99 Å². The molecular formula is C45H33N5. The van der Waals surface area contributed by atoms with Crippen molar-refractivity contribution >= 4 is 49.6 Å². The van der Waals surface area contributed by atoms with E-state index in [4.69, 9.17) is 4.99 Å². The SMILES string of the molecule is c1ccc(-c2ccc(C3NC(n4c5ccccc5c5cc6c7ccccc7n(-c7ccccc7)c6cc54)=NC(c4ccccc4)N3)cc2)cc1. The third-order valence-electron chi connectivity index (χ3n) is 10.0. The Kier molecular flexibility index (Phi) is 6.64. The van der Waals surface area contributed by atoms with Crippen molar-refractivity contribution in [1.29, 1.82) is 0 Å². The van der Waals surface area contributed by atoms with Crippen LogP contribution < -0.4 is 10.6 Å². The van der Waals surface area contributed by atoms with Crippen LogP contribution in [0.4, 0.5) is 0 Å². The van der Waals surface area contributed by atoms with E-state index < -0.39 is 0 Å². The van der Waals surface area contributed by atoms with Crippen LogP contribution in [-0.2, 0) is 0 Å². The van der Waals surface area contributed by atoms with Crippen LogP contribution in [0.15, 0.2) is 181 Å². The topological polar surface area (TPSA) is 46.3 Å². The first-order chi connectivity index (χ1) is 24.8. The maximum atomic E-state index is 5.39. The number of aliphatic imine (C=N–C) groups is 1. The lowest BCUT2D eigenvalue weighted by molar-refractivity contribution is 0.403. The van der Waals surface area contributed by atoms with Crippen molar-refractivity contribution in [2.45, 2.75) is 12.3 Å². The number of aromatic nitrogens is 2. The molecule has 5 nitrogen and oxygen atoms in total. The van der Waals surface area contributed by atoms with Crippen molar-refractivity contribution in [3.05, 3.63) is 187 Å². The monoisotopic (exact) mass is 643 g/mol. The average molecular weight is 644 g/mol. The number of para-hydroxylation sites is 3. The van der Waals surface area contributed by atoms with Gasteiger partial charge in [0.05, 0.1) is 22.1 Å². The molecule has 0 saturated carbocycles. The summed E-state index contributed by atoms with van der Waals surface area (Å²) in [6.45, 7) is 0. The van der Waals surface area contributed by atoms with Crippen molar-refractivity contribution < 1.29 is 0 Å². The summed E-state index contributed by atoms with van der Waals surface area (Å²) >= 11 is 0. The Morgan fingerprint density at radius 3 is 1.64 bits per heavy atom. The fraction of sp³-hybridized carbons (Fsp3) is 0.0444. The fourth-order valence-electron chi connectivity index (χ4n) is 7.65. The minimum absolute atomic E-state index is 0.173. The quantitative estimate of drug-likeness (QED) is 0.200. The van der Waals surface area contributed by atoms with E-state index in [0.717, 1.165) is 39.3 Å². The van der Waals surface area contributed by atoms with Gasteiger partial charge < -0.3 is 9.88 Å². The minimum atomic E-state index is -0.248. The molecule has 7 aromatic carbocycles. The summed E-state index contributed by atoms with van der Waals surface area (Å²) in [4.78, 5) is 5.39. The predicted molar refractivity (Wildman–Crippen MR) is 207 cm³/mol. The van der Waals surface area contributed by atoms with Crippen molar-refractivity contribution in [3.8, 4) is 16.8 Å². The van der Waals surface area contributed by atoms with Crippen molar-refractivity contribution in [3.63, 3.8) is 0 Å². The van der Waals surface area contributed by atoms with Gasteiger partial charge in [-0.1, -0.05) is 140 Å². The zero-order chi connectivity index (χ0) is 33.0. The van der Waals surface area contributed by atoms with Gasteiger partial charge in [0, 0.05) is 27.2 Å². The number of benzene rings is 7. The molecule has 1 aliphatic heterocycles. The number of nitrogens with one attached hydrogen (secondary N) is 2. The summed E-state index contributed by atoms with van der Waals surface area (Å²) in [5.41, 5.74) is 10.4. The second kappa shape index (κ2) is 11.6. The van der Waals surface area contributed by atoms with Gasteiger partial charge in [-0.2, -0.15) is 0 Å². The van der Waals surface area contributed by atoms with Crippen molar-refractivity contribution in [2.75, 3.05) is 0 Å². The lowest BCUT2D eigenvalue weighted by atomic mass is 10.0. The third-order valence-corrected chi connectivity index (χ3v) is 10.0. The Bertz CT molecular complexity index is 2690. The van der Waals surface area contributed by atoms with E-state index in [-0.39, 0.29) is 12.3 Å². The molecule has 2 atom stereocenters. The average Bonchev–Trinajstić information content (AvgIpc) is 3.70. The van der Waals surface area contributed by atoms with Gasteiger partial charge in [0.1, 0.15) is 12.3 Å². The van der Waals surface area contributed by atoms with Gasteiger partial charge in [-0.05, 0) is 58.7 Å². The predicted octanol–water partition coefficient (Wildman–Crippen LogP) is 10.4. The van der Waals surface area contributed by atoms with E-state index in [0.29, 0.717) is 0 Å². The largest absolute Gasteiger partial charge is 0.336 e. The molecule has 0 spiro atoms. The molecule has 2 N–H and O–H groups in total. The highest BCUT2D eigenvalue weighted by Gasteiger charge is 2.28. The van der Waals surface area contributed by atoms with E-state index in [2.05, 4.69) is 196 Å². The Morgan fingerprint density at radius 1 is 0.420 bits per heavy atom. The van der Waals surface area contributed by atoms with Crippen molar-refractivity contribution in [1.82, 2.24) is 19.8 Å². The summed E-state index contributed by atoms with van der Waals surface area (Å²) in [5.74, 6) is 0.808. The van der Waals surface area contributed by atoms with Gasteiger partial charge in [-0.3, -0.25) is 9.88 Å². The fourth-order valence-corrected chi connectivity index (χ4v) is 7.65. The Labute approximate surface area is 289 Å². The van der Waals surface area contributed by atoms with E-state index >= 15 is 0 Å². The number of rotatable bonds is 4. The molecule has 0 bridgehead atoms. The van der Waals surface area contributed by atoms with Crippen LogP contribution in [0, 0.1) is 0 Å². The first-order valence-corrected chi connectivity index (χ1v) is 17.1. The van der Waals surface area contributed by atoms with E-state index in [9.17, 15) is 0 Å². The first-order valence-electron chi connectivity index (χ1n) is 17.1. The second-order valence-corrected chi connectivity index (χ2v) is 12.9. The summed E-state index contributed by atoms with van der Waals surface area (Å²) in [6, 6.07) is 62.6. The maximum absolute atomic E-state index is 5.39. The molecule has 10 rings (SSSR count). The molecule has 50 heavy (non-hydrogen) atoms. The van der Waals surface area contributed by atoms with Gasteiger partial charge in [0.15, 0.2) is 0 Å². The van der Waals surface area contributed by atoms with Crippen LogP contribution in [0.3, 0.4) is 0 Å². The Hall–Kier alpha value is -6.43. The van der Waals surface area contributed by atoms with Crippen LogP contribution >= 0.6 is 0 Å². The highest BCUT2D eigenvalue weighted by atomic mass is 15.4. The molecule has 2 unspecified atom stereocenters. The van der Waals surface area contributed by atoms with Crippen molar-refractivity contribution in [2.24, 2.45) is 4.99 Å². The van der Waals surface area contributed by atoms with Gasteiger partial charge in [0.2, 0.25) is 5.96 Å². The highest BCUT2D eigenvalue weighted by Crippen LogP contribution is 2.39. The van der Waals surface area contributed by atoms with Crippen LogP contribution in [0.2, 0.25) is 0 Å². The third kappa shape index (κ3) is 4.63. The summed E-state index contributed by atoms with van der Waals surface area (Å²) in [7, 11) is 0. The summed E-state index contributed by atoms with van der Waals surface area (Å²) < 4.78 is 4.70. The smallest absolute Gasteiger partial charge is 0.206 e. The zero-order valence-electron chi connectivity index (χ0n) is 27.2. The molecule has 2 aromatic heterocycles. The number of hydrogen-bond acceptors (Lipinski definition) is 3. The molecule has 5 heteroatoms. The van der Waals surface area contributed by atoms with Crippen LogP contribution in [0.1, 0.15) is 23.5 Å². The number of nitrogens with zero attached hydrogens (tertiary/aromatic N) is 3. The lowest BCUT2D eigenvalue weighted by Crippen LogP contribution is -2.47. The van der Waals surface area contributed by atoms with Gasteiger partial charge >= 0.3 is 0 Å². The molecule has 9 aromatic rings. The molecule has 0 aliphatic carbocycles. The van der Waals surface area contributed by atoms with Crippen LogP contribution in [-0.4, -0.2) is 15.1 Å². The second-order valence-electron chi connectivity index (χ2n) is 12.9. The standard InChI is InChI=1S/C45H33N5/c1-4-14-30(15-5-1)31-24-26-33(27-25-31)44-46-43(32-16-6-2-7-17-32)47-45(48-44)50-40-23-13-11-21-36(40)38-28-37-35-20-10-12-22-39(35)49(41(37)29-42(38)50)34-18-8-3-9-19-34/h1-29,43-44,46H,(H,47,48). The van der Waals surface area contributed by atoms with E-state index in [1.54, 1.807) is 0 Å². The normalized spacial score (nSPS) is 16.2. The molecule has 0 amide bonds. The minimum Gasteiger partial charge on any atom is -0.336 e. The molecular weight excluding hydrogens is 611 g/mol. The van der Waals surface area contributed by atoms with Gasteiger partial charge in [0.25, 0.3) is 0 Å². The maximum Gasteiger partial charge on any atom is 0.206 e. The number of hydrogen-bond donors (Lipinski definition) is 2. The molecule has 238 valence electrons. The highest BCUT2D eigenvalue weighted by molar-refractivity contribution is 6.21. The molecule has 0 radical (unpaired) electrons. The number of fused-ring (bicyclic) bond motifs is 6. The molecule has 1 aliphatic rings. The molecule has 3 heterocycles. The van der Waals surface area contributed by atoms with Gasteiger partial charge in [-0.15, -0.1) is 0 Å². The molecule has 0 saturated heterocycles. The molecule has 0 fully saturated rings. The van der Waals surface area contributed by atoms with E-state index in [1.165, 1.54) is 38.2 Å². The zero-order valence-corrected chi connectivity index (χ0v) is 27.2. The van der Waals surface area contributed by atoms with Crippen LogP contribution in [0.5, 0.6) is 0 Å². The Morgan fingerprint density at radius 2 is 0.960 bits per heavy atom. The van der Waals surface area contributed by atoms with Crippen LogP contribution in [0.25, 0.3) is 60.4 Å². The summed E-state index contributed by atoms with van der Waals surface area (Å²) in [5, 5.41) is 12.5. The first kappa shape index (κ1) is 28.6. The van der Waals surface area contributed by atoms with E-state index in [1.807, 2.05) is 0 Å². The lowest BCUT2D eigenvalue weighted by Gasteiger charge is -2.32. The Balaban J connectivity index is 1.19. The summed E-state index contributed by atoms with van der Waals surface area (Å²) in [6.07, 6.45) is -0.421.